The van der Waals surface area contributed by atoms with Gasteiger partial charge in [-0.15, -0.1) is 0 Å². The summed E-state index contributed by atoms with van der Waals surface area (Å²) in [6.07, 6.45) is -4.28. The quantitative estimate of drug-likeness (QED) is 0.496. The highest BCUT2D eigenvalue weighted by Crippen LogP contribution is 2.23. The predicted molar refractivity (Wildman–Crippen MR) is 92.0 cm³/mol. The topological polar surface area (TPSA) is 120 Å². The van der Waals surface area contributed by atoms with Crippen LogP contribution in [-0.4, -0.2) is 59.2 Å². The summed E-state index contributed by atoms with van der Waals surface area (Å²) in [7, 11) is 0. The number of hydrogen-bond acceptors (Lipinski definition) is 5. The Balaban J connectivity index is 1.81. The molecule has 8 nitrogen and oxygen atoms in total. The largest absolute Gasteiger partial charge is 0.388 e. The zero-order valence-corrected chi connectivity index (χ0v) is 14.6. The van der Waals surface area contributed by atoms with Crippen LogP contribution in [0.25, 0.3) is 0 Å². The van der Waals surface area contributed by atoms with Crippen molar-refractivity contribution in [3.8, 4) is 0 Å². The Morgan fingerprint density at radius 2 is 1.92 bits per heavy atom. The second-order valence-electron chi connectivity index (χ2n) is 6.47. The summed E-state index contributed by atoms with van der Waals surface area (Å²) < 4.78 is 18.6. The molecule has 5 N–H and O–H groups in total. The molecule has 144 valence electrons. The van der Waals surface area contributed by atoms with Crippen molar-refractivity contribution in [1.82, 2.24) is 10.6 Å². The zero-order chi connectivity index (χ0) is 19.3. The van der Waals surface area contributed by atoms with E-state index in [9.17, 15) is 24.2 Å². The summed E-state index contributed by atoms with van der Waals surface area (Å²) >= 11 is 0. The number of nitrogens with one attached hydrogen (secondary N) is 3. The number of carbonyl (C=O) groups is 2. The van der Waals surface area contributed by atoms with E-state index < -0.39 is 36.3 Å². The van der Waals surface area contributed by atoms with Crippen LogP contribution in [0.2, 0.25) is 0 Å². The molecule has 0 aromatic heterocycles. The number of urea groups is 1. The second-order valence-corrected chi connectivity index (χ2v) is 6.47. The van der Waals surface area contributed by atoms with Crippen LogP contribution in [0.4, 0.5) is 14.9 Å². The maximum Gasteiger partial charge on any atom is 0.319 e. The molecule has 1 heterocycles. The van der Waals surface area contributed by atoms with Crippen molar-refractivity contribution < 1.29 is 28.9 Å². The number of carbonyl (C=O) groups excluding carboxylic acids is 2. The molecular formula is C17H24FN3O5. The van der Waals surface area contributed by atoms with Gasteiger partial charge in [0, 0.05) is 18.3 Å². The monoisotopic (exact) mass is 369 g/mol. The van der Waals surface area contributed by atoms with E-state index in [1.807, 2.05) is 13.8 Å². The van der Waals surface area contributed by atoms with Gasteiger partial charge in [-0.3, -0.25) is 4.79 Å². The standard InChI is InChI=1S/C17H24FN3O5/c1-9(2)20-14(22)7-12-15(23)16(24)13(26-12)8-19-17(25)21-11-5-3-4-10(18)6-11/h3-6,9,12-13,15-16,23-24H,7-8H2,1-2H3,(H,20,22)(H2,19,21,25)/t12-,13+,15-,16+/m0/s1. The van der Waals surface area contributed by atoms with Crippen molar-refractivity contribution in [2.24, 2.45) is 0 Å². The van der Waals surface area contributed by atoms with E-state index in [0.717, 1.165) is 6.07 Å². The molecule has 1 saturated heterocycles. The van der Waals surface area contributed by atoms with Gasteiger partial charge in [-0.05, 0) is 32.0 Å². The third-order valence-electron chi connectivity index (χ3n) is 3.84. The van der Waals surface area contributed by atoms with Crippen LogP contribution in [0, 0.1) is 5.82 Å². The number of amides is 3. The van der Waals surface area contributed by atoms with Crippen LogP contribution in [0.15, 0.2) is 24.3 Å². The van der Waals surface area contributed by atoms with Gasteiger partial charge in [0.2, 0.25) is 5.91 Å². The van der Waals surface area contributed by atoms with Crippen LogP contribution in [0.1, 0.15) is 20.3 Å². The third kappa shape index (κ3) is 5.65. The molecule has 2 rings (SSSR count). The summed E-state index contributed by atoms with van der Waals surface area (Å²) in [6.45, 7) is 3.53. The van der Waals surface area contributed by atoms with E-state index in [1.54, 1.807) is 0 Å². The van der Waals surface area contributed by atoms with Crippen LogP contribution in [0.5, 0.6) is 0 Å². The highest BCUT2D eigenvalue weighted by Gasteiger charge is 2.43. The number of anilines is 1. The SMILES string of the molecule is CC(C)NC(=O)C[C@@H]1O[C@H](CNC(=O)Nc2cccc(F)c2)[C@@H](O)[C@H]1O. The average molecular weight is 369 g/mol. The molecule has 0 radical (unpaired) electrons. The smallest absolute Gasteiger partial charge is 0.319 e. The molecule has 1 aromatic carbocycles. The minimum atomic E-state index is -1.23. The van der Waals surface area contributed by atoms with Gasteiger partial charge in [0.15, 0.2) is 0 Å². The van der Waals surface area contributed by atoms with E-state index in [-0.39, 0.29) is 30.6 Å². The maximum atomic E-state index is 13.1. The summed E-state index contributed by atoms with van der Waals surface area (Å²) in [5.74, 6) is -0.781. The van der Waals surface area contributed by atoms with E-state index in [4.69, 9.17) is 4.74 Å². The van der Waals surface area contributed by atoms with Crippen molar-refractivity contribution in [3.63, 3.8) is 0 Å². The fraction of sp³-hybridized carbons (Fsp3) is 0.529. The fourth-order valence-corrected chi connectivity index (χ4v) is 2.66. The summed E-state index contributed by atoms with van der Waals surface area (Å²) in [5.41, 5.74) is 0.277. The lowest BCUT2D eigenvalue weighted by Crippen LogP contribution is -2.41. The van der Waals surface area contributed by atoms with E-state index in [2.05, 4.69) is 16.0 Å². The van der Waals surface area contributed by atoms with Gasteiger partial charge in [0.05, 0.1) is 12.5 Å². The highest BCUT2D eigenvalue weighted by molar-refractivity contribution is 5.89. The molecule has 3 amide bonds. The van der Waals surface area contributed by atoms with Gasteiger partial charge in [0.25, 0.3) is 0 Å². The van der Waals surface area contributed by atoms with Crippen LogP contribution in [-0.2, 0) is 9.53 Å². The van der Waals surface area contributed by atoms with Crippen molar-refractivity contribution in [2.45, 2.75) is 50.7 Å². The molecule has 1 fully saturated rings. The number of aliphatic hydroxyl groups is 2. The van der Waals surface area contributed by atoms with Crippen LogP contribution < -0.4 is 16.0 Å². The number of ether oxygens (including phenoxy) is 1. The van der Waals surface area contributed by atoms with Gasteiger partial charge in [-0.1, -0.05) is 6.07 Å². The molecule has 0 saturated carbocycles. The van der Waals surface area contributed by atoms with E-state index in [0.29, 0.717) is 0 Å². The minimum Gasteiger partial charge on any atom is -0.388 e. The predicted octanol–water partition coefficient (Wildman–Crippen LogP) is 0.351. The van der Waals surface area contributed by atoms with Crippen LogP contribution in [0.3, 0.4) is 0 Å². The van der Waals surface area contributed by atoms with Gasteiger partial charge < -0.3 is 30.9 Å². The number of benzene rings is 1. The number of halogens is 1. The molecule has 0 unspecified atom stereocenters. The number of hydrogen-bond donors (Lipinski definition) is 5. The first-order valence-corrected chi connectivity index (χ1v) is 8.37. The molecule has 1 aliphatic heterocycles. The van der Waals surface area contributed by atoms with E-state index >= 15 is 0 Å². The van der Waals surface area contributed by atoms with Gasteiger partial charge >= 0.3 is 6.03 Å². The Morgan fingerprint density at radius 3 is 2.58 bits per heavy atom. The summed E-state index contributed by atoms with van der Waals surface area (Å²) in [6, 6.07) is 4.74. The van der Waals surface area contributed by atoms with Crippen molar-refractivity contribution in [2.75, 3.05) is 11.9 Å². The lowest BCUT2D eigenvalue weighted by atomic mass is 10.1. The van der Waals surface area contributed by atoms with Crippen LogP contribution >= 0.6 is 0 Å². The molecular weight excluding hydrogens is 345 g/mol. The van der Waals surface area contributed by atoms with Gasteiger partial charge in [-0.2, -0.15) is 0 Å². The van der Waals surface area contributed by atoms with Gasteiger partial charge in [0.1, 0.15) is 24.1 Å². The normalized spacial score (nSPS) is 25.2. The first-order chi connectivity index (χ1) is 12.3. The minimum absolute atomic E-state index is 0.0463. The Labute approximate surface area is 150 Å². The molecule has 1 aliphatic rings. The number of aliphatic hydroxyl groups excluding tert-OH is 2. The first-order valence-electron chi connectivity index (χ1n) is 8.37. The fourth-order valence-electron chi connectivity index (χ4n) is 2.66. The Bertz CT molecular complexity index is 643. The Hall–Kier alpha value is -2.23. The molecule has 0 spiro atoms. The lowest BCUT2D eigenvalue weighted by molar-refractivity contribution is -0.125. The average Bonchev–Trinajstić information content (AvgIpc) is 2.80. The van der Waals surface area contributed by atoms with E-state index in [1.165, 1.54) is 18.2 Å². The molecule has 26 heavy (non-hydrogen) atoms. The van der Waals surface area contributed by atoms with Gasteiger partial charge in [-0.25, -0.2) is 9.18 Å². The molecule has 1 aromatic rings. The third-order valence-corrected chi connectivity index (χ3v) is 3.84. The highest BCUT2D eigenvalue weighted by atomic mass is 19.1. The lowest BCUT2D eigenvalue weighted by Gasteiger charge is -2.16. The zero-order valence-electron chi connectivity index (χ0n) is 14.6. The molecule has 0 aliphatic carbocycles. The van der Waals surface area contributed by atoms with Crippen molar-refractivity contribution in [1.29, 1.82) is 0 Å². The summed E-state index contributed by atoms with van der Waals surface area (Å²) in [4.78, 5) is 23.6. The van der Waals surface area contributed by atoms with Crippen molar-refractivity contribution >= 4 is 17.6 Å². The Kier molecular flexibility index (Phi) is 6.90. The second kappa shape index (κ2) is 8.93. The summed E-state index contributed by atoms with van der Waals surface area (Å²) in [5, 5.41) is 27.7. The maximum absolute atomic E-state index is 13.1. The Morgan fingerprint density at radius 1 is 1.23 bits per heavy atom. The molecule has 4 atom stereocenters. The van der Waals surface area contributed by atoms with Crippen molar-refractivity contribution in [3.05, 3.63) is 30.1 Å². The molecule has 9 heteroatoms. The molecule has 0 bridgehead atoms. The number of rotatable bonds is 6. The first kappa shape index (κ1) is 20.1.